The zero-order chi connectivity index (χ0) is 14.1. The first-order chi connectivity index (χ1) is 8.03. The van der Waals surface area contributed by atoms with Crippen molar-refractivity contribution < 1.29 is 28.7 Å². The average molecular weight is 337 g/mol. The lowest BCUT2D eigenvalue weighted by Gasteiger charge is -2.21. The van der Waals surface area contributed by atoms with Crippen molar-refractivity contribution >= 4 is 44.2 Å². The van der Waals surface area contributed by atoms with E-state index in [0.717, 1.165) is 6.20 Å². The maximum Gasteiger partial charge on any atom is 0.360 e. The predicted octanol–water partition coefficient (Wildman–Crippen LogP) is 1.44. The molecule has 0 saturated carbocycles. The summed E-state index contributed by atoms with van der Waals surface area (Å²) in [5.41, 5.74) is -2.44. The largest absolute Gasteiger partial charge is 0.360 e. The van der Waals surface area contributed by atoms with Gasteiger partial charge in [0.2, 0.25) is 5.52 Å². The van der Waals surface area contributed by atoms with Gasteiger partial charge in [-0.05, 0) is 6.07 Å². The summed E-state index contributed by atoms with van der Waals surface area (Å²) >= 11 is 11.3. The third kappa shape index (κ3) is 3.91. The number of hydrogen-bond donors (Lipinski definition) is 5. The van der Waals surface area contributed by atoms with Crippen molar-refractivity contribution in [3.05, 3.63) is 22.3 Å². The third-order valence-corrected chi connectivity index (χ3v) is 5.88. The normalized spacial score (nSPS) is 12.8. The van der Waals surface area contributed by atoms with Crippen molar-refractivity contribution in [2.24, 2.45) is 0 Å². The Balaban J connectivity index is 3.17. The summed E-state index contributed by atoms with van der Waals surface area (Å²) in [6, 6.07) is 1.30. The molecule has 0 radical (unpaired) electrons. The number of anilines is 1. The molecule has 1 aromatic rings. The molecule has 5 N–H and O–H groups in total. The second-order valence-electron chi connectivity index (χ2n) is 3.15. The van der Waals surface area contributed by atoms with Crippen LogP contribution in [0.25, 0.3) is 0 Å². The van der Waals surface area contributed by atoms with E-state index in [-0.39, 0.29) is 15.9 Å². The van der Waals surface area contributed by atoms with E-state index < -0.39 is 20.7 Å². The Morgan fingerprint density at radius 2 is 1.67 bits per heavy atom. The van der Waals surface area contributed by atoms with Crippen LogP contribution < -0.4 is 5.32 Å². The van der Waals surface area contributed by atoms with E-state index >= 15 is 0 Å². The summed E-state index contributed by atoms with van der Waals surface area (Å²) in [6.45, 7) is 0. The van der Waals surface area contributed by atoms with Gasteiger partial charge in [-0.2, -0.15) is 0 Å². The van der Waals surface area contributed by atoms with Crippen LogP contribution in [0.3, 0.4) is 0 Å². The van der Waals surface area contributed by atoms with Crippen LogP contribution in [0, 0.1) is 0 Å². The van der Waals surface area contributed by atoms with Gasteiger partial charge in [0.05, 0.1) is 5.02 Å². The molecule has 12 heteroatoms. The zero-order valence-corrected chi connectivity index (χ0v) is 11.7. The first-order valence-corrected chi connectivity index (χ1v) is 8.32. The van der Waals surface area contributed by atoms with Crippen molar-refractivity contribution in [3.8, 4) is 0 Å². The molecule has 0 saturated heterocycles. The van der Waals surface area contributed by atoms with Crippen molar-refractivity contribution in [3.63, 3.8) is 0 Å². The van der Waals surface area contributed by atoms with Gasteiger partial charge in [0.15, 0.2) is 0 Å². The van der Waals surface area contributed by atoms with E-state index in [9.17, 15) is 9.13 Å². The standard InChI is InChI=1S/C6H8Cl2N2O6P2/c7-3-1-2-9-5(4(3)8)10-6(17(11,12)13)18(14,15)16/h1-2,6H,(H,9,10)(H2,11,12,13)(H2,14,15,16). The van der Waals surface area contributed by atoms with Crippen LogP contribution in [-0.4, -0.2) is 30.1 Å². The fourth-order valence-corrected chi connectivity index (χ4v) is 3.47. The van der Waals surface area contributed by atoms with Gasteiger partial charge < -0.3 is 24.9 Å². The third-order valence-electron chi connectivity index (χ3n) is 1.75. The second-order valence-corrected chi connectivity index (χ2v) is 7.73. The Kier molecular flexibility index (Phi) is 4.81. The number of hydrogen-bond acceptors (Lipinski definition) is 4. The number of pyridine rings is 1. The van der Waals surface area contributed by atoms with E-state index in [0.29, 0.717) is 0 Å². The number of rotatable bonds is 4. The molecular weight excluding hydrogens is 329 g/mol. The van der Waals surface area contributed by atoms with E-state index in [1.807, 2.05) is 5.32 Å². The molecule has 0 aliphatic heterocycles. The molecule has 0 fully saturated rings. The number of halogens is 2. The van der Waals surface area contributed by atoms with Crippen LogP contribution >= 0.6 is 38.4 Å². The van der Waals surface area contributed by atoms with Crippen LogP contribution in [0.5, 0.6) is 0 Å². The van der Waals surface area contributed by atoms with Crippen molar-refractivity contribution in [1.82, 2.24) is 4.98 Å². The Morgan fingerprint density at radius 3 is 2.11 bits per heavy atom. The molecule has 0 spiro atoms. The van der Waals surface area contributed by atoms with Gasteiger partial charge in [0, 0.05) is 6.20 Å². The Bertz CT molecular complexity index is 521. The predicted molar refractivity (Wildman–Crippen MR) is 65.8 cm³/mol. The van der Waals surface area contributed by atoms with Gasteiger partial charge in [-0.3, -0.25) is 9.13 Å². The molecule has 8 nitrogen and oxygen atoms in total. The summed E-state index contributed by atoms with van der Waals surface area (Å²) in [5.74, 6) is -0.333. The lowest BCUT2D eigenvalue weighted by atomic mass is 10.4. The Morgan fingerprint density at radius 1 is 1.17 bits per heavy atom. The van der Waals surface area contributed by atoms with E-state index in [1.54, 1.807) is 0 Å². The summed E-state index contributed by atoms with van der Waals surface area (Å²) in [4.78, 5) is 39.1. The summed E-state index contributed by atoms with van der Waals surface area (Å²) in [7, 11) is -10.2. The Labute approximate surface area is 111 Å². The van der Waals surface area contributed by atoms with Crippen LogP contribution in [0.2, 0.25) is 10.0 Å². The van der Waals surface area contributed by atoms with Crippen molar-refractivity contribution in [2.45, 2.75) is 5.52 Å². The first-order valence-electron chi connectivity index (χ1n) is 4.20. The van der Waals surface area contributed by atoms with Gasteiger partial charge in [-0.25, -0.2) is 4.98 Å². The molecule has 0 bridgehead atoms. The minimum absolute atomic E-state index is 0.0179. The molecule has 102 valence electrons. The lowest BCUT2D eigenvalue weighted by Crippen LogP contribution is -2.20. The molecule has 1 aromatic heterocycles. The SMILES string of the molecule is O=P(O)(O)C(Nc1nccc(Cl)c1Cl)P(=O)(O)O. The highest BCUT2D eigenvalue weighted by Crippen LogP contribution is 2.59. The number of nitrogens with one attached hydrogen (secondary N) is 1. The van der Waals surface area contributed by atoms with Gasteiger partial charge in [-0.15, -0.1) is 0 Å². The monoisotopic (exact) mass is 336 g/mol. The highest BCUT2D eigenvalue weighted by Gasteiger charge is 2.44. The van der Waals surface area contributed by atoms with Crippen molar-refractivity contribution in [1.29, 1.82) is 0 Å². The Hall–Kier alpha value is -0.170. The van der Waals surface area contributed by atoms with E-state index in [4.69, 9.17) is 42.8 Å². The van der Waals surface area contributed by atoms with Crippen LogP contribution in [0.1, 0.15) is 0 Å². The average Bonchev–Trinajstić information content (AvgIpc) is 2.16. The fraction of sp³-hybridized carbons (Fsp3) is 0.167. The molecule has 1 heterocycles. The van der Waals surface area contributed by atoms with E-state index in [2.05, 4.69) is 4.98 Å². The molecule has 0 amide bonds. The van der Waals surface area contributed by atoms with Gasteiger partial charge >= 0.3 is 15.2 Å². The smallest absolute Gasteiger partial charge is 0.345 e. The van der Waals surface area contributed by atoms with Gasteiger partial charge in [0.25, 0.3) is 0 Å². The van der Waals surface area contributed by atoms with Crippen molar-refractivity contribution in [2.75, 3.05) is 5.32 Å². The second kappa shape index (κ2) is 5.45. The van der Waals surface area contributed by atoms with E-state index in [1.165, 1.54) is 6.07 Å². The topological polar surface area (TPSA) is 140 Å². The molecule has 0 unspecified atom stereocenters. The summed E-state index contributed by atoms with van der Waals surface area (Å²) in [6.07, 6.45) is 1.16. The minimum atomic E-state index is -5.11. The fourth-order valence-electron chi connectivity index (χ4n) is 1.01. The molecule has 0 aliphatic carbocycles. The van der Waals surface area contributed by atoms with Crippen LogP contribution in [0.15, 0.2) is 12.3 Å². The maximum atomic E-state index is 11.0. The van der Waals surface area contributed by atoms with Crippen LogP contribution in [-0.2, 0) is 9.13 Å². The molecule has 0 aromatic carbocycles. The van der Waals surface area contributed by atoms with Crippen LogP contribution in [0.4, 0.5) is 5.82 Å². The van der Waals surface area contributed by atoms with Gasteiger partial charge in [-0.1, -0.05) is 23.2 Å². The van der Waals surface area contributed by atoms with Gasteiger partial charge in [0.1, 0.15) is 10.8 Å². The number of nitrogens with zero attached hydrogens (tertiary/aromatic N) is 1. The quantitative estimate of drug-likeness (QED) is 0.520. The highest BCUT2D eigenvalue weighted by molar-refractivity contribution is 7.71. The zero-order valence-electron chi connectivity index (χ0n) is 8.43. The maximum absolute atomic E-state index is 11.0. The summed E-state index contributed by atoms with van der Waals surface area (Å²) in [5, 5.41) is 1.73. The highest BCUT2D eigenvalue weighted by atomic mass is 35.5. The first kappa shape index (κ1) is 15.9. The molecule has 1 rings (SSSR count). The molecule has 0 aliphatic rings. The summed E-state index contributed by atoms with van der Waals surface area (Å²) < 4.78 is 22.0. The molecule has 0 atom stereocenters. The minimum Gasteiger partial charge on any atom is -0.345 e. The molecular formula is C6H8Cl2N2O6P2. The molecule has 18 heavy (non-hydrogen) atoms. The lowest BCUT2D eigenvalue weighted by molar-refractivity contribution is 0.343. The number of aromatic nitrogens is 1.